The third-order valence-corrected chi connectivity index (χ3v) is 5.55. The molecule has 1 aromatic heterocycles. The Balaban J connectivity index is 1.60. The molecule has 5 nitrogen and oxygen atoms in total. The normalized spacial score (nSPS) is 14.5. The molecule has 2 aromatic carbocycles. The molecule has 0 radical (unpaired) electrons. The summed E-state index contributed by atoms with van der Waals surface area (Å²) in [5, 5.41) is 21.1. The van der Waals surface area contributed by atoms with E-state index in [2.05, 4.69) is 4.98 Å². The summed E-state index contributed by atoms with van der Waals surface area (Å²) >= 11 is 1.22. The molecule has 0 fully saturated rings. The monoisotopic (exact) mass is 431 g/mol. The molecule has 0 amide bonds. The molecule has 1 aliphatic rings. The largest absolute Gasteiger partial charge is 0.510 e. The maximum absolute atomic E-state index is 12.8. The second-order valence-electron chi connectivity index (χ2n) is 6.57. The number of hydrogen-bond donors (Lipinski definition) is 2. The van der Waals surface area contributed by atoms with Gasteiger partial charge in [-0.2, -0.15) is 13.2 Å². The van der Waals surface area contributed by atoms with E-state index in [1.165, 1.54) is 23.5 Å². The highest BCUT2D eigenvalue weighted by molar-refractivity contribution is 7.11. The standard InChI is InChI=1S/C21H16F3N3O2S/c1-29-15-4-2-3-14(9-15)27-10-17(28)18(19(27)25)20-26-16(11-30-20)12-5-7-13(8-6-12)21(22,23)24/h2-9,11,25,28H,10H2,1H3. The van der Waals surface area contributed by atoms with Crippen molar-refractivity contribution in [2.24, 2.45) is 0 Å². The lowest BCUT2D eigenvalue weighted by Gasteiger charge is -2.19. The molecular weight excluding hydrogens is 415 g/mol. The summed E-state index contributed by atoms with van der Waals surface area (Å²) in [7, 11) is 1.55. The predicted molar refractivity (Wildman–Crippen MR) is 110 cm³/mol. The fraction of sp³-hybridized carbons (Fsp3) is 0.143. The lowest BCUT2D eigenvalue weighted by molar-refractivity contribution is -0.137. The van der Waals surface area contributed by atoms with E-state index in [1.807, 2.05) is 6.07 Å². The first-order valence-corrected chi connectivity index (χ1v) is 9.72. The summed E-state index contributed by atoms with van der Waals surface area (Å²) in [4.78, 5) is 6.08. The number of aromatic nitrogens is 1. The number of rotatable bonds is 4. The molecule has 0 saturated carbocycles. The van der Waals surface area contributed by atoms with E-state index >= 15 is 0 Å². The summed E-state index contributed by atoms with van der Waals surface area (Å²) in [6, 6.07) is 11.9. The molecule has 1 aliphatic heterocycles. The maximum Gasteiger partial charge on any atom is 0.416 e. The molecule has 30 heavy (non-hydrogen) atoms. The molecule has 0 bridgehead atoms. The fourth-order valence-electron chi connectivity index (χ4n) is 3.15. The number of amidine groups is 1. The topological polar surface area (TPSA) is 69.4 Å². The number of nitrogens with one attached hydrogen (secondary N) is 1. The molecule has 2 N–H and O–H groups in total. The number of nitrogens with zero attached hydrogens (tertiary/aromatic N) is 2. The van der Waals surface area contributed by atoms with Crippen molar-refractivity contribution in [2.45, 2.75) is 6.18 Å². The van der Waals surface area contributed by atoms with Crippen molar-refractivity contribution in [1.29, 1.82) is 5.41 Å². The molecule has 154 valence electrons. The zero-order valence-electron chi connectivity index (χ0n) is 15.7. The maximum atomic E-state index is 12.8. The summed E-state index contributed by atoms with van der Waals surface area (Å²) in [6.07, 6.45) is -4.40. The molecule has 0 aliphatic carbocycles. The minimum Gasteiger partial charge on any atom is -0.510 e. The van der Waals surface area contributed by atoms with Crippen LogP contribution in [0.3, 0.4) is 0 Å². The van der Waals surface area contributed by atoms with Crippen LogP contribution in [0, 0.1) is 5.41 Å². The molecule has 4 rings (SSSR count). The van der Waals surface area contributed by atoms with Crippen molar-refractivity contribution in [3.63, 3.8) is 0 Å². The number of alkyl halides is 3. The Hall–Kier alpha value is -3.33. The van der Waals surface area contributed by atoms with Crippen LogP contribution in [-0.4, -0.2) is 29.6 Å². The van der Waals surface area contributed by atoms with Crippen molar-refractivity contribution in [1.82, 2.24) is 4.98 Å². The Morgan fingerprint density at radius 3 is 2.57 bits per heavy atom. The summed E-state index contributed by atoms with van der Waals surface area (Å²) in [6.45, 7) is 0.122. The summed E-state index contributed by atoms with van der Waals surface area (Å²) in [5.74, 6) is 0.734. The predicted octanol–water partition coefficient (Wildman–Crippen LogP) is 5.60. The highest BCUT2D eigenvalue weighted by atomic mass is 32.1. The van der Waals surface area contributed by atoms with Crippen LogP contribution in [0.4, 0.5) is 18.9 Å². The average Bonchev–Trinajstić information content (AvgIpc) is 3.31. The Labute approximate surface area is 174 Å². The van der Waals surface area contributed by atoms with Crippen LogP contribution < -0.4 is 9.64 Å². The number of hydrogen-bond acceptors (Lipinski definition) is 5. The minimum atomic E-state index is -4.40. The summed E-state index contributed by atoms with van der Waals surface area (Å²) in [5.41, 5.74) is 1.28. The number of benzene rings is 2. The number of methoxy groups -OCH3 is 1. The molecule has 2 heterocycles. The van der Waals surface area contributed by atoms with Gasteiger partial charge >= 0.3 is 6.18 Å². The Morgan fingerprint density at radius 2 is 1.90 bits per heavy atom. The van der Waals surface area contributed by atoms with Gasteiger partial charge in [-0.1, -0.05) is 18.2 Å². The number of halogens is 3. The lowest BCUT2D eigenvalue weighted by Crippen LogP contribution is -2.25. The van der Waals surface area contributed by atoms with E-state index in [-0.39, 0.29) is 18.1 Å². The first-order valence-electron chi connectivity index (χ1n) is 8.84. The average molecular weight is 431 g/mol. The third-order valence-electron chi connectivity index (χ3n) is 4.69. The third kappa shape index (κ3) is 3.63. The van der Waals surface area contributed by atoms with Crippen LogP contribution in [0.15, 0.2) is 59.7 Å². The zero-order valence-corrected chi connectivity index (χ0v) is 16.5. The highest BCUT2D eigenvalue weighted by Gasteiger charge is 2.32. The van der Waals surface area contributed by atoms with Gasteiger partial charge in [0.2, 0.25) is 0 Å². The van der Waals surface area contributed by atoms with Gasteiger partial charge in [-0.15, -0.1) is 11.3 Å². The quantitative estimate of drug-likeness (QED) is 0.564. The van der Waals surface area contributed by atoms with E-state index in [0.717, 1.165) is 12.1 Å². The van der Waals surface area contributed by atoms with E-state index in [0.29, 0.717) is 33.3 Å². The van der Waals surface area contributed by atoms with Crippen molar-refractivity contribution in [3.05, 3.63) is 70.2 Å². The van der Waals surface area contributed by atoms with E-state index < -0.39 is 11.7 Å². The molecule has 0 atom stereocenters. The number of aliphatic hydroxyl groups excluding tert-OH is 1. The molecule has 0 saturated heterocycles. The van der Waals surface area contributed by atoms with Crippen LogP contribution in [0.2, 0.25) is 0 Å². The van der Waals surface area contributed by atoms with Crippen LogP contribution >= 0.6 is 11.3 Å². The first kappa shape index (κ1) is 20.0. The minimum absolute atomic E-state index is 0.0103. The molecule has 9 heteroatoms. The highest BCUT2D eigenvalue weighted by Crippen LogP contribution is 2.36. The fourth-order valence-corrected chi connectivity index (χ4v) is 4.05. The van der Waals surface area contributed by atoms with Gasteiger partial charge in [-0.3, -0.25) is 5.41 Å². The summed E-state index contributed by atoms with van der Waals surface area (Å²) < 4.78 is 43.5. The molecular formula is C21H16F3N3O2S. The van der Waals surface area contributed by atoms with Gasteiger partial charge in [0, 0.05) is 22.7 Å². The van der Waals surface area contributed by atoms with Gasteiger partial charge in [-0.25, -0.2) is 4.98 Å². The van der Waals surface area contributed by atoms with E-state index in [9.17, 15) is 18.3 Å². The van der Waals surface area contributed by atoms with Crippen molar-refractivity contribution >= 4 is 28.4 Å². The lowest BCUT2D eigenvalue weighted by atomic mass is 10.1. The van der Waals surface area contributed by atoms with Gasteiger partial charge in [0.15, 0.2) is 0 Å². The van der Waals surface area contributed by atoms with Crippen molar-refractivity contribution in [3.8, 4) is 17.0 Å². The van der Waals surface area contributed by atoms with Gasteiger partial charge < -0.3 is 14.7 Å². The van der Waals surface area contributed by atoms with E-state index in [4.69, 9.17) is 10.1 Å². The first-order chi connectivity index (χ1) is 14.3. The number of anilines is 1. The van der Waals surface area contributed by atoms with Crippen LogP contribution in [0.25, 0.3) is 16.8 Å². The number of ether oxygens (including phenoxy) is 1. The smallest absolute Gasteiger partial charge is 0.416 e. The second kappa shape index (κ2) is 7.49. The van der Waals surface area contributed by atoms with Gasteiger partial charge in [0.05, 0.1) is 30.5 Å². The van der Waals surface area contributed by atoms with E-state index in [1.54, 1.807) is 35.6 Å². The second-order valence-corrected chi connectivity index (χ2v) is 7.43. The van der Waals surface area contributed by atoms with Gasteiger partial charge in [0.25, 0.3) is 0 Å². The van der Waals surface area contributed by atoms with Crippen molar-refractivity contribution < 1.29 is 23.0 Å². The molecule has 0 spiro atoms. The van der Waals surface area contributed by atoms with Gasteiger partial charge in [0.1, 0.15) is 22.4 Å². The van der Waals surface area contributed by atoms with Crippen LogP contribution in [-0.2, 0) is 6.18 Å². The van der Waals surface area contributed by atoms with Crippen LogP contribution in [0.5, 0.6) is 5.75 Å². The number of thiazole rings is 1. The zero-order chi connectivity index (χ0) is 21.5. The number of aliphatic hydroxyl groups is 1. The molecule has 3 aromatic rings. The van der Waals surface area contributed by atoms with Gasteiger partial charge in [-0.05, 0) is 24.3 Å². The van der Waals surface area contributed by atoms with Crippen molar-refractivity contribution in [2.75, 3.05) is 18.6 Å². The Kier molecular flexibility index (Phi) is 4.98. The Bertz CT molecular complexity index is 1140. The SMILES string of the molecule is COc1cccc(N2CC(O)=C(c3nc(-c4ccc(C(F)(F)F)cc4)cs3)C2=N)c1. The van der Waals surface area contributed by atoms with Crippen LogP contribution in [0.1, 0.15) is 10.6 Å². The Morgan fingerprint density at radius 1 is 1.17 bits per heavy atom. The molecule has 0 unspecified atom stereocenters.